The van der Waals surface area contributed by atoms with Gasteiger partial charge in [-0.2, -0.15) is 17.9 Å². The number of benzene rings is 2. The molecular formula is C24H27F3N4O. The molecule has 0 N–H and O–H groups in total. The standard InChI is InChI=1S/C24H27F3N4O/c1-6-23(4,5)14-21(32)18-11-17(16-7-9-19(10-8-16)24(25,26)27)12-20(13-18)31-22(15(2)3)28-29-30-31/h7-13,15H,6,14H2,1-5H3. The van der Waals surface area contributed by atoms with Gasteiger partial charge in [0, 0.05) is 17.9 Å². The SMILES string of the molecule is CCC(C)(C)CC(=O)c1cc(-c2ccc(C(F)(F)F)cc2)cc(-n2nnnc2C(C)C)c1. The summed E-state index contributed by atoms with van der Waals surface area (Å²) in [5.41, 5.74) is 1.38. The van der Waals surface area contributed by atoms with Crippen molar-refractivity contribution in [3.63, 3.8) is 0 Å². The molecule has 170 valence electrons. The Balaban J connectivity index is 2.12. The maximum Gasteiger partial charge on any atom is 0.416 e. The molecule has 0 atom stereocenters. The van der Waals surface area contributed by atoms with Gasteiger partial charge >= 0.3 is 6.18 Å². The Labute approximate surface area is 185 Å². The lowest BCUT2D eigenvalue weighted by Crippen LogP contribution is -2.16. The Morgan fingerprint density at radius 1 is 1.03 bits per heavy atom. The van der Waals surface area contributed by atoms with Crippen molar-refractivity contribution in [3.05, 3.63) is 59.4 Å². The zero-order chi connectivity index (χ0) is 23.7. The average Bonchev–Trinajstić information content (AvgIpc) is 3.23. The number of ketones is 1. The summed E-state index contributed by atoms with van der Waals surface area (Å²) in [5.74, 6) is 0.630. The van der Waals surface area contributed by atoms with Crippen LogP contribution in [0.25, 0.3) is 16.8 Å². The highest BCUT2D eigenvalue weighted by atomic mass is 19.4. The van der Waals surface area contributed by atoms with Gasteiger partial charge in [0.25, 0.3) is 0 Å². The monoisotopic (exact) mass is 444 g/mol. The van der Waals surface area contributed by atoms with Crippen LogP contribution in [-0.4, -0.2) is 26.0 Å². The Bertz CT molecular complexity index is 1100. The molecule has 0 radical (unpaired) electrons. The molecule has 5 nitrogen and oxygen atoms in total. The number of halogens is 3. The molecule has 32 heavy (non-hydrogen) atoms. The van der Waals surface area contributed by atoms with Crippen LogP contribution < -0.4 is 0 Å². The van der Waals surface area contributed by atoms with Crippen LogP contribution in [-0.2, 0) is 6.18 Å². The second-order valence-electron chi connectivity index (χ2n) is 9.06. The minimum Gasteiger partial charge on any atom is -0.294 e. The molecule has 1 aromatic heterocycles. The molecular weight excluding hydrogens is 417 g/mol. The molecule has 0 aliphatic heterocycles. The number of tetrazole rings is 1. The maximum atomic E-state index is 13.1. The van der Waals surface area contributed by atoms with Crippen LogP contribution in [0.15, 0.2) is 42.5 Å². The number of carbonyl (C=O) groups is 1. The first-order valence-corrected chi connectivity index (χ1v) is 10.6. The van der Waals surface area contributed by atoms with Gasteiger partial charge in [-0.15, -0.1) is 5.10 Å². The van der Waals surface area contributed by atoms with Gasteiger partial charge in [0.15, 0.2) is 11.6 Å². The van der Waals surface area contributed by atoms with Crippen molar-refractivity contribution in [1.29, 1.82) is 0 Å². The highest BCUT2D eigenvalue weighted by Crippen LogP contribution is 2.33. The van der Waals surface area contributed by atoms with Crippen molar-refractivity contribution in [2.45, 2.75) is 59.6 Å². The van der Waals surface area contributed by atoms with Gasteiger partial charge in [-0.3, -0.25) is 4.79 Å². The highest BCUT2D eigenvalue weighted by Gasteiger charge is 2.30. The minimum absolute atomic E-state index is 0.0361. The maximum absolute atomic E-state index is 13.1. The van der Waals surface area contributed by atoms with E-state index < -0.39 is 11.7 Å². The van der Waals surface area contributed by atoms with E-state index in [1.54, 1.807) is 22.9 Å². The third-order valence-electron chi connectivity index (χ3n) is 5.64. The van der Waals surface area contributed by atoms with E-state index in [2.05, 4.69) is 15.5 Å². The molecule has 1 heterocycles. The first kappa shape index (κ1) is 23.6. The second-order valence-corrected chi connectivity index (χ2v) is 9.06. The van der Waals surface area contributed by atoms with Crippen LogP contribution in [0, 0.1) is 5.41 Å². The van der Waals surface area contributed by atoms with Crippen molar-refractivity contribution in [3.8, 4) is 16.8 Å². The number of nitrogens with zero attached hydrogens (tertiary/aromatic N) is 4. The molecule has 0 amide bonds. The summed E-state index contributed by atoms with van der Waals surface area (Å²) < 4.78 is 40.5. The van der Waals surface area contributed by atoms with Crippen LogP contribution in [0.2, 0.25) is 0 Å². The van der Waals surface area contributed by atoms with E-state index in [0.717, 1.165) is 18.6 Å². The van der Waals surface area contributed by atoms with Gasteiger partial charge in [-0.25, -0.2) is 0 Å². The number of hydrogen-bond acceptors (Lipinski definition) is 4. The molecule has 0 spiro atoms. The fourth-order valence-corrected chi connectivity index (χ4v) is 3.31. The minimum atomic E-state index is -4.41. The van der Waals surface area contributed by atoms with Gasteiger partial charge in [0.2, 0.25) is 0 Å². The molecule has 0 saturated carbocycles. The quantitative estimate of drug-likeness (QED) is 0.391. The predicted octanol–water partition coefficient (Wildman–Crippen LogP) is 6.48. The fraction of sp³-hybridized carbons (Fsp3) is 0.417. The summed E-state index contributed by atoms with van der Waals surface area (Å²) in [6.07, 6.45) is -3.22. The molecule has 0 aliphatic rings. The van der Waals surface area contributed by atoms with Gasteiger partial charge < -0.3 is 0 Å². The average molecular weight is 445 g/mol. The zero-order valence-electron chi connectivity index (χ0n) is 18.9. The highest BCUT2D eigenvalue weighted by molar-refractivity contribution is 5.98. The smallest absolute Gasteiger partial charge is 0.294 e. The molecule has 3 aromatic rings. The lowest BCUT2D eigenvalue weighted by molar-refractivity contribution is -0.137. The molecule has 3 rings (SSSR count). The third kappa shape index (κ3) is 5.23. The van der Waals surface area contributed by atoms with Crippen molar-refractivity contribution in [2.75, 3.05) is 0 Å². The molecule has 0 saturated heterocycles. The van der Waals surface area contributed by atoms with Gasteiger partial charge in [-0.1, -0.05) is 53.2 Å². The Kier molecular flexibility index (Phi) is 6.53. The van der Waals surface area contributed by atoms with E-state index >= 15 is 0 Å². The van der Waals surface area contributed by atoms with E-state index in [0.29, 0.717) is 34.6 Å². The summed E-state index contributed by atoms with van der Waals surface area (Å²) in [5, 5.41) is 11.9. The number of alkyl halides is 3. The molecule has 0 unspecified atom stereocenters. The van der Waals surface area contributed by atoms with E-state index in [1.165, 1.54) is 12.1 Å². The van der Waals surface area contributed by atoms with Crippen LogP contribution in [0.4, 0.5) is 13.2 Å². The summed E-state index contributed by atoms with van der Waals surface area (Å²) in [7, 11) is 0. The number of aromatic nitrogens is 4. The normalized spacial score (nSPS) is 12.4. The first-order valence-electron chi connectivity index (χ1n) is 10.6. The van der Waals surface area contributed by atoms with Crippen LogP contribution in [0.5, 0.6) is 0 Å². The molecule has 2 aromatic carbocycles. The number of rotatable bonds is 7. The van der Waals surface area contributed by atoms with Crippen molar-refractivity contribution < 1.29 is 18.0 Å². The van der Waals surface area contributed by atoms with Crippen LogP contribution in [0.3, 0.4) is 0 Å². The lowest BCUT2D eigenvalue weighted by Gasteiger charge is -2.21. The van der Waals surface area contributed by atoms with Crippen LogP contribution >= 0.6 is 0 Å². The fourth-order valence-electron chi connectivity index (χ4n) is 3.31. The number of hydrogen-bond donors (Lipinski definition) is 0. The van der Waals surface area contributed by atoms with Gasteiger partial charge in [-0.05, 0) is 57.3 Å². The van der Waals surface area contributed by atoms with Gasteiger partial charge in [0.1, 0.15) is 0 Å². The summed E-state index contributed by atoms with van der Waals surface area (Å²) in [4.78, 5) is 13.1. The Morgan fingerprint density at radius 2 is 1.69 bits per heavy atom. The van der Waals surface area contributed by atoms with Crippen molar-refractivity contribution in [1.82, 2.24) is 20.2 Å². The van der Waals surface area contributed by atoms with Gasteiger partial charge in [0.05, 0.1) is 11.3 Å². The second kappa shape index (κ2) is 8.84. The van der Waals surface area contributed by atoms with E-state index in [9.17, 15) is 18.0 Å². The van der Waals surface area contributed by atoms with Crippen molar-refractivity contribution >= 4 is 5.78 Å². The summed E-state index contributed by atoms with van der Waals surface area (Å²) >= 11 is 0. The third-order valence-corrected chi connectivity index (χ3v) is 5.64. The lowest BCUT2D eigenvalue weighted by atomic mass is 9.83. The number of carbonyl (C=O) groups excluding carboxylic acids is 1. The number of Topliss-reactive ketones (excluding diaryl/α,β-unsaturated/α-hetero) is 1. The molecule has 0 aliphatic carbocycles. The Morgan fingerprint density at radius 3 is 2.25 bits per heavy atom. The summed E-state index contributed by atoms with van der Waals surface area (Å²) in [6.45, 7) is 10.0. The molecule has 0 bridgehead atoms. The zero-order valence-corrected chi connectivity index (χ0v) is 18.9. The molecule has 0 fully saturated rings. The Hall–Kier alpha value is -3.03. The predicted molar refractivity (Wildman–Crippen MR) is 117 cm³/mol. The van der Waals surface area contributed by atoms with Crippen LogP contribution in [0.1, 0.15) is 75.1 Å². The molecule has 8 heteroatoms. The largest absolute Gasteiger partial charge is 0.416 e. The van der Waals surface area contributed by atoms with E-state index in [1.807, 2.05) is 34.6 Å². The van der Waals surface area contributed by atoms with E-state index in [4.69, 9.17) is 0 Å². The van der Waals surface area contributed by atoms with E-state index in [-0.39, 0.29) is 17.1 Å². The summed E-state index contributed by atoms with van der Waals surface area (Å²) in [6, 6.07) is 10.2. The van der Waals surface area contributed by atoms with Crippen molar-refractivity contribution in [2.24, 2.45) is 5.41 Å². The first-order chi connectivity index (χ1) is 14.9. The topological polar surface area (TPSA) is 60.7 Å².